The molecule has 0 bridgehead atoms. The number of carbonyl (C=O) groups excluding carboxylic acids is 2. The second kappa shape index (κ2) is 12.5. The molecule has 40 heavy (non-hydrogen) atoms. The molecular formula is C32H43FN4O3. The molecule has 0 radical (unpaired) electrons. The summed E-state index contributed by atoms with van der Waals surface area (Å²) in [5.74, 6) is 0.397. The van der Waals surface area contributed by atoms with Gasteiger partial charge in [0.15, 0.2) is 0 Å². The maximum atomic E-state index is 14.9. The third kappa shape index (κ3) is 6.07. The first-order valence-electron chi connectivity index (χ1n) is 14.5. The number of halogens is 1. The lowest BCUT2D eigenvalue weighted by Gasteiger charge is -2.37. The third-order valence-corrected chi connectivity index (χ3v) is 8.31. The zero-order chi connectivity index (χ0) is 29.0. The Morgan fingerprint density at radius 1 is 1.10 bits per heavy atom. The van der Waals surface area contributed by atoms with Crippen LogP contribution in [0.2, 0.25) is 0 Å². The Bertz CT molecular complexity index is 1320. The van der Waals surface area contributed by atoms with Gasteiger partial charge in [0.2, 0.25) is 11.8 Å². The van der Waals surface area contributed by atoms with Crippen molar-refractivity contribution in [3.63, 3.8) is 0 Å². The third-order valence-electron chi connectivity index (χ3n) is 8.31. The molecule has 4 rings (SSSR count). The molecule has 2 heterocycles. The average Bonchev–Trinajstić information content (AvgIpc) is 3.33. The molecule has 8 heteroatoms. The van der Waals surface area contributed by atoms with E-state index in [4.69, 9.17) is 9.72 Å². The van der Waals surface area contributed by atoms with Crippen LogP contribution in [0.15, 0.2) is 36.4 Å². The van der Waals surface area contributed by atoms with Gasteiger partial charge in [0.05, 0.1) is 16.4 Å². The van der Waals surface area contributed by atoms with Gasteiger partial charge in [-0.1, -0.05) is 45.9 Å². The number of likely N-dealkylation sites (N-methyl/N-ethyl adjacent to an activating group) is 1. The van der Waals surface area contributed by atoms with Gasteiger partial charge in [-0.15, -0.1) is 0 Å². The highest BCUT2D eigenvalue weighted by Gasteiger charge is 2.43. The molecular weight excluding hydrogens is 507 g/mol. The second-order valence-corrected chi connectivity index (χ2v) is 11.7. The van der Waals surface area contributed by atoms with Crippen LogP contribution in [-0.4, -0.2) is 47.6 Å². The van der Waals surface area contributed by atoms with Gasteiger partial charge in [0, 0.05) is 26.2 Å². The highest BCUT2D eigenvalue weighted by molar-refractivity contribution is 5.94. The minimum absolute atomic E-state index is 0.0314. The van der Waals surface area contributed by atoms with E-state index in [1.54, 1.807) is 6.07 Å². The number of imidazole rings is 1. The molecule has 1 fully saturated rings. The van der Waals surface area contributed by atoms with Gasteiger partial charge in [-0.2, -0.15) is 0 Å². The summed E-state index contributed by atoms with van der Waals surface area (Å²) in [4.78, 5) is 34.9. The summed E-state index contributed by atoms with van der Waals surface area (Å²) in [6.45, 7) is 13.3. The summed E-state index contributed by atoms with van der Waals surface area (Å²) in [6, 6.07) is 10.5. The molecule has 7 nitrogen and oxygen atoms in total. The maximum Gasteiger partial charge on any atom is 0.242 e. The van der Waals surface area contributed by atoms with Crippen LogP contribution >= 0.6 is 0 Å². The number of fused-ring (bicyclic) bond motifs is 1. The molecule has 1 unspecified atom stereocenters. The standard InChI is InChI=1S/C32H43FN4O3/c1-7-34-30(38)29(20(4)5)37-31(39)32(13-15-40-16-14-32)22-11-12-25-26(17-22)36-27(35-25)18-23(19(2)3)28-21(6)9-8-10-24(28)33/h8-12,17,19-20,23,29H,7,13-16,18H2,1-6H3,(H,34,38)(H,35,36)(H,37,39)/t23?,29-/m1/s1. The molecule has 0 saturated carbocycles. The normalized spacial score (nSPS) is 16.7. The number of hydrogen-bond donors (Lipinski definition) is 3. The van der Waals surface area contributed by atoms with Crippen molar-refractivity contribution in [1.29, 1.82) is 0 Å². The van der Waals surface area contributed by atoms with Crippen LogP contribution in [-0.2, 0) is 26.2 Å². The van der Waals surface area contributed by atoms with E-state index in [1.165, 1.54) is 6.07 Å². The fourth-order valence-electron chi connectivity index (χ4n) is 5.92. The number of aryl methyl sites for hydroxylation is 1. The summed E-state index contributed by atoms with van der Waals surface area (Å²) in [5, 5.41) is 5.90. The molecule has 1 aliphatic heterocycles. The fourth-order valence-corrected chi connectivity index (χ4v) is 5.92. The van der Waals surface area contributed by atoms with Crippen molar-refractivity contribution in [2.45, 2.75) is 78.2 Å². The number of H-pyrrole nitrogens is 1. The number of ether oxygens (including phenoxy) is 1. The Hall–Kier alpha value is -3.26. The second-order valence-electron chi connectivity index (χ2n) is 11.7. The molecule has 2 aromatic carbocycles. The molecule has 0 spiro atoms. The fraction of sp³-hybridized carbons (Fsp3) is 0.531. The summed E-state index contributed by atoms with van der Waals surface area (Å²) >= 11 is 0. The first kappa shape index (κ1) is 29.7. The Balaban J connectivity index is 1.66. The minimum atomic E-state index is -0.817. The van der Waals surface area contributed by atoms with E-state index in [0.717, 1.165) is 33.5 Å². The number of nitrogens with zero attached hydrogens (tertiary/aromatic N) is 1. The van der Waals surface area contributed by atoms with E-state index in [-0.39, 0.29) is 35.4 Å². The summed E-state index contributed by atoms with van der Waals surface area (Å²) in [5.41, 5.74) is 3.38. The van der Waals surface area contributed by atoms with Gasteiger partial charge in [-0.05, 0) is 79.3 Å². The number of benzene rings is 2. The molecule has 216 valence electrons. The van der Waals surface area contributed by atoms with Gasteiger partial charge in [-0.3, -0.25) is 9.59 Å². The molecule has 1 saturated heterocycles. The molecule has 1 aromatic heterocycles. The van der Waals surface area contributed by atoms with Gasteiger partial charge in [0.1, 0.15) is 17.7 Å². The smallest absolute Gasteiger partial charge is 0.242 e. The van der Waals surface area contributed by atoms with E-state index < -0.39 is 11.5 Å². The first-order valence-corrected chi connectivity index (χ1v) is 14.5. The molecule has 3 N–H and O–H groups in total. The maximum absolute atomic E-state index is 14.9. The van der Waals surface area contributed by atoms with Gasteiger partial charge in [-0.25, -0.2) is 9.37 Å². The summed E-state index contributed by atoms with van der Waals surface area (Å²) in [7, 11) is 0. The predicted molar refractivity (Wildman–Crippen MR) is 156 cm³/mol. The quantitative estimate of drug-likeness (QED) is 0.318. The topological polar surface area (TPSA) is 96.1 Å². The van der Waals surface area contributed by atoms with Crippen LogP contribution < -0.4 is 10.6 Å². The first-order chi connectivity index (χ1) is 19.1. The largest absolute Gasteiger partial charge is 0.381 e. The SMILES string of the molecule is CCNC(=O)[C@H](NC(=O)C1(c2ccc3nc(CC(c4c(C)cccc4F)C(C)C)[nH]c3c2)CCOCC1)C(C)C. The van der Waals surface area contributed by atoms with Crippen molar-refractivity contribution in [3.05, 3.63) is 64.7 Å². The number of hydrogen-bond acceptors (Lipinski definition) is 4. The zero-order valence-corrected chi connectivity index (χ0v) is 24.6. The van der Waals surface area contributed by atoms with Gasteiger partial charge >= 0.3 is 0 Å². The van der Waals surface area contributed by atoms with Gasteiger partial charge in [0.25, 0.3) is 0 Å². The Morgan fingerprint density at radius 2 is 1.82 bits per heavy atom. The van der Waals surface area contributed by atoms with Crippen LogP contribution in [0.25, 0.3) is 11.0 Å². The van der Waals surface area contributed by atoms with E-state index in [1.807, 2.05) is 52.0 Å². The van der Waals surface area contributed by atoms with Crippen LogP contribution in [0.5, 0.6) is 0 Å². The van der Waals surface area contributed by atoms with Gasteiger partial charge < -0.3 is 20.4 Å². The Labute approximate surface area is 236 Å². The van der Waals surface area contributed by atoms with Crippen molar-refractivity contribution in [2.75, 3.05) is 19.8 Å². The van der Waals surface area contributed by atoms with E-state index in [2.05, 4.69) is 29.5 Å². The highest BCUT2D eigenvalue weighted by Crippen LogP contribution is 2.37. The Kier molecular flexibility index (Phi) is 9.29. The number of rotatable bonds is 10. The van der Waals surface area contributed by atoms with Crippen molar-refractivity contribution in [2.24, 2.45) is 11.8 Å². The molecule has 2 atom stereocenters. The lowest BCUT2D eigenvalue weighted by molar-refractivity contribution is -0.135. The van der Waals surface area contributed by atoms with Crippen molar-refractivity contribution in [3.8, 4) is 0 Å². The average molecular weight is 551 g/mol. The van der Waals surface area contributed by atoms with E-state index >= 15 is 0 Å². The molecule has 2 amide bonds. The van der Waals surface area contributed by atoms with Crippen LogP contribution in [0, 0.1) is 24.6 Å². The summed E-state index contributed by atoms with van der Waals surface area (Å²) in [6.07, 6.45) is 1.62. The van der Waals surface area contributed by atoms with Crippen molar-refractivity contribution in [1.82, 2.24) is 20.6 Å². The zero-order valence-electron chi connectivity index (χ0n) is 24.6. The van der Waals surface area contributed by atoms with E-state index in [9.17, 15) is 14.0 Å². The number of aromatic amines is 1. The molecule has 0 aliphatic carbocycles. The van der Waals surface area contributed by atoms with E-state index in [0.29, 0.717) is 39.0 Å². The molecule has 1 aliphatic rings. The predicted octanol–water partition coefficient (Wildman–Crippen LogP) is 5.32. The van der Waals surface area contributed by atoms with Crippen LogP contribution in [0.3, 0.4) is 0 Å². The van der Waals surface area contributed by atoms with Crippen LogP contribution in [0.4, 0.5) is 4.39 Å². The summed E-state index contributed by atoms with van der Waals surface area (Å²) < 4.78 is 20.5. The monoisotopic (exact) mass is 550 g/mol. The van der Waals surface area contributed by atoms with Crippen molar-refractivity contribution < 1.29 is 18.7 Å². The highest BCUT2D eigenvalue weighted by atomic mass is 19.1. The van der Waals surface area contributed by atoms with Crippen molar-refractivity contribution >= 4 is 22.8 Å². The van der Waals surface area contributed by atoms with Crippen LogP contribution in [0.1, 0.15) is 75.9 Å². The lowest BCUT2D eigenvalue weighted by atomic mass is 9.73. The minimum Gasteiger partial charge on any atom is -0.381 e. The molecule has 3 aromatic rings. The number of nitrogens with one attached hydrogen (secondary N) is 3. The Morgan fingerprint density at radius 3 is 2.45 bits per heavy atom. The lowest BCUT2D eigenvalue weighted by Crippen LogP contribution is -2.56. The number of carbonyl (C=O) groups is 2. The number of aromatic nitrogens is 2. The number of amides is 2.